The third-order valence-electron chi connectivity index (χ3n) is 3.40. The lowest BCUT2D eigenvalue weighted by molar-refractivity contribution is 0.0932. The number of fused-ring (bicyclic) bond motifs is 2. The molecule has 1 atom stereocenters. The van der Waals surface area contributed by atoms with Gasteiger partial charge in [-0.15, -0.1) is 0 Å². The lowest BCUT2D eigenvalue weighted by Gasteiger charge is -2.17. The van der Waals surface area contributed by atoms with Gasteiger partial charge in [0, 0.05) is 0 Å². The molecule has 4 nitrogen and oxygen atoms in total. The first kappa shape index (κ1) is 13.1. The summed E-state index contributed by atoms with van der Waals surface area (Å²) in [6, 6.07) is 4.21. The summed E-state index contributed by atoms with van der Waals surface area (Å²) in [7, 11) is 0. The van der Waals surface area contributed by atoms with Gasteiger partial charge in [-0.1, -0.05) is 0 Å². The van der Waals surface area contributed by atoms with Crippen LogP contribution in [0.1, 0.15) is 22.8 Å². The van der Waals surface area contributed by atoms with Crippen LogP contribution in [-0.4, -0.2) is 37.5 Å². The number of rotatable bonds is 4. The van der Waals surface area contributed by atoms with Crippen molar-refractivity contribution in [3.05, 3.63) is 23.3 Å². The topological polar surface area (TPSA) is 47.9 Å². The molecular weight excluding hydrogens is 264 g/mol. The largest absolute Gasteiger partial charge is 0.454 e. The van der Waals surface area contributed by atoms with Gasteiger partial charge in [0.15, 0.2) is 11.5 Å². The summed E-state index contributed by atoms with van der Waals surface area (Å²) in [6.45, 7) is 1.43. The van der Waals surface area contributed by atoms with Crippen molar-refractivity contribution in [3.8, 4) is 11.5 Å². The van der Waals surface area contributed by atoms with Gasteiger partial charge in [0.05, 0.1) is 25.1 Å². The molecule has 0 amide bonds. The van der Waals surface area contributed by atoms with Crippen molar-refractivity contribution in [1.29, 1.82) is 0 Å². The Morgan fingerprint density at radius 3 is 3.00 bits per heavy atom. The quantitative estimate of drug-likeness (QED) is 0.857. The molecule has 0 bridgehead atoms. The zero-order valence-corrected chi connectivity index (χ0v) is 11.6. The molecule has 2 aliphatic rings. The number of aliphatic hydroxyl groups excluding tert-OH is 1. The van der Waals surface area contributed by atoms with Crippen LogP contribution in [0, 0.1) is 0 Å². The second kappa shape index (κ2) is 6.03. The molecule has 5 heteroatoms. The molecule has 1 unspecified atom stereocenters. The number of hydrogen-bond donors (Lipinski definition) is 1. The van der Waals surface area contributed by atoms with Crippen molar-refractivity contribution in [2.75, 3.05) is 32.4 Å². The molecule has 0 saturated carbocycles. The molecule has 0 saturated heterocycles. The zero-order chi connectivity index (χ0) is 13.1. The van der Waals surface area contributed by atoms with Crippen molar-refractivity contribution in [2.45, 2.75) is 18.1 Å². The Bertz CT molecular complexity index is 449. The van der Waals surface area contributed by atoms with Crippen molar-refractivity contribution in [3.63, 3.8) is 0 Å². The summed E-state index contributed by atoms with van der Waals surface area (Å²) in [5.41, 5.74) is 2.64. The van der Waals surface area contributed by atoms with E-state index in [2.05, 4.69) is 12.1 Å². The van der Waals surface area contributed by atoms with Crippen LogP contribution in [0.15, 0.2) is 12.1 Å². The molecule has 104 valence electrons. The molecule has 0 fully saturated rings. The van der Waals surface area contributed by atoms with E-state index in [0.29, 0.717) is 25.3 Å². The Balaban J connectivity index is 1.84. The van der Waals surface area contributed by atoms with E-state index in [1.807, 2.05) is 11.8 Å². The molecule has 1 aromatic rings. The van der Waals surface area contributed by atoms with Crippen LogP contribution in [0.25, 0.3) is 0 Å². The highest BCUT2D eigenvalue weighted by molar-refractivity contribution is 7.99. The summed E-state index contributed by atoms with van der Waals surface area (Å²) in [6.07, 6.45) is 2.25. The summed E-state index contributed by atoms with van der Waals surface area (Å²) in [5, 5.41) is 9.12. The van der Waals surface area contributed by atoms with E-state index in [-0.39, 0.29) is 6.61 Å². The Hall–Kier alpha value is -0.910. The van der Waals surface area contributed by atoms with Gasteiger partial charge in [-0.25, -0.2) is 0 Å². The van der Waals surface area contributed by atoms with Crippen LogP contribution in [0.3, 0.4) is 0 Å². The van der Waals surface area contributed by atoms with E-state index >= 15 is 0 Å². The number of aliphatic hydroxyl groups is 1. The average molecular weight is 282 g/mol. The van der Waals surface area contributed by atoms with Crippen LogP contribution in [-0.2, 0) is 11.2 Å². The maximum atomic E-state index is 8.81. The standard InChI is InChI=1S/C14H18O4S/c15-3-4-16-8-14-11-7-13-12(17-9-18-13)6-10(11)2-1-5-19-14/h6-7,14-15H,1-5,8-9H2. The van der Waals surface area contributed by atoms with Gasteiger partial charge >= 0.3 is 0 Å². The molecule has 2 heterocycles. The maximum Gasteiger partial charge on any atom is 0.231 e. The molecule has 0 aliphatic carbocycles. The first-order valence-corrected chi connectivity index (χ1v) is 7.66. The lowest BCUT2D eigenvalue weighted by Crippen LogP contribution is -2.08. The monoisotopic (exact) mass is 282 g/mol. The number of thioether (sulfide) groups is 1. The average Bonchev–Trinajstić information content (AvgIpc) is 2.79. The minimum absolute atomic E-state index is 0.0748. The van der Waals surface area contributed by atoms with Gasteiger partial charge in [-0.05, 0) is 41.9 Å². The van der Waals surface area contributed by atoms with Crippen LogP contribution in [0.4, 0.5) is 0 Å². The molecular formula is C14H18O4S. The molecule has 0 aromatic heterocycles. The van der Waals surface area contributed by atoms with Gasteiger partial charge in [0.25, 0.3) is 0 Å². The van der Waals surface area contributed by atoms with Crippen molar-refractivity contribution in [1.82, 2.24) is 0 Å². The molecule has 2 aliphatic heterocycles. The summed E-state index contributed by atoms with van der Waals surface area (Å²) in [4.78, 5) is 0. The maximum absolute atomic E-state index is 8.81. The minimum atomic E-state index is 0.0748. The normalized spacial score (nSPS) is 21.0. The Morgan fingerprint density at radius 1 is 1.32 bits per heavy atom. The van der Waals surface area contributed by atoms with E-state index in [0.717, 1.165) is 23.7 Å². The van der Waals surface area contributed by atoms with E-state index < -0.39 is 0 Å². The first-order valence-electron chi connectivity index (χ1n) is 6.61. The Morgan fingerprint density at radius 2 is 2.16 bits per heavy atom. The molecule has 19 heavy (non-hydrogen) atoms. The Labute approximate surface area is 117 Å². The van der Waals surface area contributed by atoms with Gasteiger partial charge < -0.3 is 19.3 Å². The predicted octanol–water partition coefficient (Wildman–Crippen LogP) is 2.14. The van der Waals surface area contributed by atoms with Crippen molar-refractivity contribution >= 4 is 11.8 Å². The fraction of sp³-hybridized carbons (Fsp3) is 0.571. The highest BCUT2D eigenvalue weighted by Gasteiger charge is 2.24. The summed E-state index contributed by atoms with van der Waals surface area (Å²) in [5.74, 6) is 2.84. The highest BCUT2D eigenvalue weighted by atomic mass is 32.2. The van der Waals surface area contributed by atoms with Gasteiger partial charge in [-0.3, -0.25) is 0 Å². The SMILES string of the molecule is OCCOCC1SCCCc2cc3c(cc21)OCO3. The second-order valence-corrected chi connectivity index (χ2v) is 5.98. The molecule has 1 N–H and O–H groups in total. The smallest absolute Gasteiger partial charge is 0.231 e. The third kappa shape index (κ3) is 2.83. The number of ether oxygens (including phenoxy) is 3. The number of benzene rings is 1. The van der Waals surface area contributed by atoms with Crippen LogP contribution in [0.5, 0.6) is 11.5 Å². The summed E-state index contributed by atoms with van der Waals surface area (Å²) < 4.78 is 16.4. The molecule has 0 spiro atoms. The molecule has 1 aromatic carbocycles. The van der Waals surface area contributed by atoms with E-state index in [1.165, 1.54) is 17.5 Å². The lowest BCUT2D eigenvalue weighted by atomic mass is 10.00. The van der Waals surface area contributed by atoms with Gasteiger partial charge in [0.2, 0.25) is 6.79 Å². The molecule has 3 rings (SSSR count). The fourth-order valence-corrected chi connectivity index (χ4v) is 3.67. The Kier molecular flexibility index (Phi) is 4.15. The van der Waals surface area contributed by atoms with E-state index in [1.54, 1.807) is 0 Å². The van der Waals surface area contributed by atoms with Gasteiger partial charge in [0.1, 0.15) is 0 Å². The third-order valence-corrected chi connectivity index (χ3v) is 4.71. The van der Waals surface area contributed by atoms with Crippen LogP contribution in [0.2, 0.25) is 0 Å². The predicted molar refractivity (Wildman–Crippen MR) is 74.0 cm³/mol. The fourth-order valence-electron chi connectivity index (χ4n) is 2.49. The summed E-state index contributed by atoms with van der Waals surface area (Å²) >= 11 is 1.92. The second-order valence-electron chi connectivity index (χ2n) is 4.67. The van der Waals surface area contributed by atoms with Crippen LogP contribution >= 0.6 is 11.8 Å². The first-order chi connectivity index (χ1) is 9.38. The zero-order valence-electron chi connectivity index (χ0n) is 10.8. The minimum Gasteiger partial charge on any atom is -0.454 e. The van der Waals surface area contributed by atoms with Crippen molar-refractivity contribution < 1.29 is 19.3 Å². The van der Waals surface area contributed by atoms with E-state index in [4.69, 9.17) is 19.3 Å². The molecule has 0 radical (unpaired) electrons. The van der Waals surface area contributed by atoms with E-state index in [9.17, 15) is 0 Å². The van der Waals surface area contributed by atoms with Crippen LogP contribution < -0.4 is 9.47 Å². The number of aryl methyl sites for hydroxylation is 1. The van der Waals surface area contributed by atoms with Gasteiger partial charge in [-0.2, -0.15) is 11.8 Å². The van der Waals surface area contributed by atoms with Crippen molar-refractivity contribution in [2.24, 2.45) is 0 Å². The highest BCUT2D eigenvalue weighted by Crippen LogP contribution is 2.42. The number of hydrogen-bond acceptors (Lipinski definition) is 5.